The number of pyridine rings is 1. The van der Waals surface area contributed by atoms with Crippen molar-refractivity contribution in [2.24, 2.45) is 0 Å². The summed E-state index contributed by atoms with van der Waals surface area (Å²) in [7, 11) is 0. The van der Waals surface area contributed by atoms with Gasteiger partial charge in [-0.2, -0.15) is 17.6 Å². The maximum absolute atomic E-state index is 14.1. The number of hydrogen-bond donors (Lipinski definition) is 2. The molecule has 0 unspecified atom stereocenters. The fourth-order valence-corrected chi connectivity index (χ4v) is 2.52. The monoisotopic (exact) mass is 424 g/mol. The van der Waals surface area contributed by atoms with Gasteiger partial charge in [0.15, 0.2) is 11.6 Å². The van der Waals surface area contributed by atoms with E-state index < -0.39 is 51.9 Å². The van der Waals surface area contributed by atoms with Crippen molar-refractivity contribution in [2.75, 3.05) is 5.32 Å². The van der Waals surface area contributed by atoms with Crippen LogP contribution in [0.5, 0.6) is 11.5 Å². The number of benzene rings is 2. The van der Waals surface area contributed by atoms with E-state index in [-0.39, 0.29) is 11.3 Å². The van der Waals surface area contributed by atoms with Gasteiger partial charge in [0.2, 0.25) is 11.4 Å². The number of rotatable bonds is 4. The van der Waals surface area contributed by atoms with E-state index in [1.165, 1.54) is 25.3 Å². The highest BCUT2D eigenvalue weighted by molar-refractivity contribution is 6.06. The van der Waals surface area contributed by atoms with Gasteiger partial charge in [-0.25, -0.2) is 4.39 Å². The number of alkyl halides is 3. The highest BCUT2D eigenvalue weighted by Gasteiger charge is 2.32. The lowest BCUT2D eigenvalue weighted by Gasteiger charge is -2.15. The van der Waals surface area contributed by atoms with Crippen LogP contribution in [-0.4, -0.2) is 10.9 Å². The molecule has 1 amide bonds. The Balaban J connectivity index is 2.03. The lowest BCUT2D eigenvalue weighted by atomic mass is 10.1. The number of H-pyrrole nitrogens is 1. The van der Waals surface area contributed by atoms with E-state index in [9.17, 15) is 31.5 Å². The van der Waals surface area contributed by atoms with Crippen molar-refractivity contribution in [2.45, 2.75) is 13.1 Å². The third-order valence-corrected chi connectivity index (χ3v) is 4.04. The van der Waals surface area contributed by atoms with Gasteiger partial charge in [0.05, 0.1) is 11.1 Å². The van der Waals surface area contributed by atoms with Crippen molar-refractivity contribution in [1.82, 2.24) is 4.98 Å². The normalized spacial score (nSPS) is 11.3. The standard InChI is InChI=1S/C20H13F5N2O3/c1-10-2-4-15(18(22)17(10)21)30-14-5-3-11(20(23,24)25)8-13(14)19(29)27-12-6-7-26-16(28)9-12/h2-9H,1H3,(H2,26,27,28,29). The molecule has 0 aliphatic heterocycles. The Morgan fingerprint density at radius 1 is 1.00 bits per heavy atom. The van der Waals surface area contributed by atoms with Crippen LogP contribution in [0.4, 0.5) is 27.6 Å². The van der Waals surface area contributed by atoms with Gasteiger partial charge < -0.3 is 15.0 Å². The molecule has 0 saturated heterocycles. The Morgan fingerprint density at radius 3 is 2.37 bits per heavy atom. The zero-order chi connectivity index (χ0) is 22.1. The first-order valence-corrected chi connectivity index (χ1v) is 8.40. The number of aromatic nitrogens is 1. The van der Waals surface area contributed by atoms with E-state index >= 15 is 0 Å². The topological polar surface area (TPSA) is 71.2 Å². The van der Waals surface area contributed by atoms with E-state index in [0.29, 0.717) is 12.1 Å². The molecule has 0 radical (unpaired) electrons. The number of nitrogens with one attached hydrogen (secondary N) is 2. The number of carbonyl (C=O) groups excluding carboxylic acids is 1. The first kappa shape index (κ1) is 21.0. The smallest absolute Gasteiger partial charge is 0.416 e. The molecule has 0 aliphatic carbocycles. The van der Waals surface area contributed by atoms with Crippen molar-refractivity contribution in [3.8, 4) is 11.5 Å². The molecule has 0 bridgehead atoms. The Hall–Kier alpha value is -3.69. The van der Waals surface area contributed by atoms with Crippen LogP contribution in [0.3, 0.4) is 0 Å². The summed E-state index contributed by atoms with van der Waals surface area (Å²) in [6, 6.07) is 6.61. The lowest BCUT2D eigenvalue weighted by Crippen LogP contribution is -2.16. The molecule has 30 heavy (non-hydrogen) atoms. The first-order valence-electron chi connectivity index (χ1n) is 8.40. The van der Waals surface area contributed by atoms with Crippen LogP contribution in [-0.2, 0) is 6.18 Å². The predicted octanol–water partition coefficient (Wildman–Crippen LogP) is 5.02. The molecule has 1 aromatic heterocycles. The van der Waals surface area contributed by atoms with Crippen LogP contribution in [0.15, 0.2) is 53.5 Å². The van der Waals surface area contributed by atoms with Crippen molar-refractivity contribution < 1.29 is 31.5 Å². The van der Waals surface area contributed by atoms with Crippen LogP contribution >= 0.6 is 0 Å². The molecule has 0 saturated carbocycles. The molecular weight excluding hydrogens is 411 g/mol. The Bertz CT molecular complexity index is 1170. The van der Waals surface area contributed by atoms with Crippen molar-refractivity contribution in [3.05, 3.63) is 87.3 Å². The molecular formula is C20H13F5N2O3. The Kier molecular flexibility index (Phi) is 5.59. The second-order valence-corrected chi connectivity index (χ2v) is 6.22. The van der Waals surface area contributed by atoms with Gasteiger partial charge >= 0.3 is 6.18 Å². The number of aryl methyl sites for hydroxylation is 1. The van der Waals surface area contributed by atoms with E-state index in [1.54, 1.807) is 0 Å². The van der Waals surface area contributed by atoms with Crippen LogP contribution in [0.2, 0.25) is 0 Å². The van der Waals surface area contributed by atoms with Gasteiger partial charge in [0, 0.05) is 18.0 Å². The molecule has 0 atom stereocenters. The molecule has 156 valence electrons. The quantitative estimate of drug-likeness (QED) is 0.578. The third-order valence-electron chi connectivity index (χ3n) is 4.04. The summed E-state index contributed by atoms with van der Waals surface area (Å²) in [5, 5.41) is 2.26. The summed E-state index contributed by atoms with van der Waals surface area (Å²) in [6.45, 7) is 1.32. The Morgan fingerprint density at radius 2 is 1.70 bits per heavy atom. The minimum absolute atomic E-state index is 0.000430. The predicted molar refractivity (Wildman–Crippen MR) is 97.6 cm³/mol. The molecule has 3 aromatic rings. The summed E-state index contributed by atoms with van der Waals surface area (Å²) in [5.41, 5.74) is -2.28. The number of carbonyl (C=O) groups is 1. The molecule has 10 heteroatoms. The van der Waals surface area contributed by atoms with E-state index in [4.69, 9.17) is 4.74 Å². The summed E-state index contributed by atoms with van der Waals surface area (Å²) >= 11 is 0. The number of halogens is 5. The van der Waals surface area contributed by atoms with E-state index in [1.807, 2.05) is 0 Å². The summed E-state index contributed by atoms with van der Waals surface area (Å²) in [5.74, 6) is -4.63. The first-order chi connectivity index (χ1) is 14.1. The molecule has 5 nitrogen and oxygen atoms in total. The largest absolute Gasteiger partial charge is 0.453 e. The van der Waals surface area contributed by atoms with Crippen LogP contribution in [0.1, 0.15) is 21.5 Å². The number of anilines is 1. The van der Waals surface area contributed by atoms with Crippen molar-refractivity contribution >= 4 is 11.6 Å². The van der Waals surface area contributed by atoms with Gasteiger partial charge in [-0.1, -0.05) is 6.07 Å². The maximum Gasteiger partial charge on any atom is 0.416 e. The van der Waals surface area contributed by atoms with Gasteiger partial charge in [-0.3, -0.25) is 9.59 Å². The van der Waals surface area contributed by atoms with Gasteiger partial charge in [0.1, 0.15) is 5.75 Å². The summed E-state index contributed by atoms with van der Waals surface area (Å²) in [4.78, 5) is 26.2. The molecule has 0 aliphatic rings. The number of hydrogen-bond acceptors (Lipinski definition) is 3. The molecule has 3 rings (SSSR count). The fourth-order valence-electron chi connectivity index (χ4n) is 2.52. The summed E-state index contributed by atoms with van der Waals surface area (Å²) < 4.78 is 72.4. The van der Waals surface area contributed by atoms with Gasteiger partial charge in [-0.05, 0) is 42.8 Å². The fraction of sp³-hybridized carbons (Fsp3) is 0.100. The van der Waals surface area contributed by atoms with E-state index in [2.05, 4.69) is 10.3 Å². The number of ether oxygens (including phenoxy) is 1. The second-order valence-electron chi connectivity index (χ2n) is 6.22. The van der Waals surface area contributed by atoms with Gasteiger partial charge in [-0.15, -0.1) is 0 Å². The van der Waals surface area contributed by atoms with Crippen LogP contribution in [0, 0.1) is 18.6 Å². The molecule has 2 N–H and O–H groups in total. The molecule has 1 heterocycles. The van der Waals surface area contributed by atoms with E-state index in [0.717, 1.165) is 18.2 Å². The van der Waals surface area contributed by atoms with Crippen molar-refractivity contribution in [3.63, 3.8) is 0 Å². The molecule has 0 fully saturated rings. The molecule has 2 aromatic carbocycles. The van der Waals surface area contributed by atoms with Crippen LogP contribution < -0.4 is 15.6 Å². The average Bonchev–Trinajstić information content (AvgIpc) is 2.68. The maximum atomic E-state index is 14.1. The minimum atomic E-state index is -4.77. The zero-order valence-corrected chi connectivity index (χ0v) is 15.2. The highest BCUT2D eigenvalue weighted by atomic mass is 19.4. The zero-order valence-electron chi connectivity index (χ0n) is 15.2. The SMILES string of the molecule is Cc1ccc(Oc2ccc(C(F)(F)F)cc2C(=O)Nc2cc[nH]c(=O)c2)c(F)c1F. The number of aromatic amines is 1. The lowest BCUT2D eigenvalue weighted by molar-refractivity contribution is -0.137. The average molecular weight is 424 g/mol. The minimum Gasteiger partial charge on any atom is -0.453 e. The van der Waals surface area contributed by atoms with Crippen molar-refractivity contribution in [1.29, 1.82) is 0 Å². The third kappa shape index (κ3) is 4.48. The molecule has 0 spiro atoms. The van der Waals surface area contributed by atoms with Gasteiger partial charge in [0.25, 0.3) is 5.91 Å². The summed E-state index contributed by atoms with van der Waals surface area (Å²) in [6.07, 6.45) is -3.54. The Labute approximate surface area is 166 Å². The number of amides is 1. The second kappa shape index (κ2) is 7.97. The highest BCUT2D eigenvalue weighted by Crippen LogP contribution is 2.35. The van der Waals surface area contributed by atoms with Crippen LogP contribution in [0.25, 0.3) is 0 Å².